The first-order valence-corrected chi connectivity index (χ1v) is 7.85. The molecule has 0 aromatic heterocycles. The number of hydrogen-bond acceptors (Lipinski definition) is 10. The summed E-state index contributed by atoms with van der Waals surface area (Å²) in [5.41, 5.74) is -0.494. The molecule has 0 N–H and O–H groups in total. The Bertz CT molecular complexity index is 641. The van der Waals surface area contributed by atoms with Crippen molar-refractivity contribution in [2.45, 2.75) is 25.9 Å². The van der Waals surface area contributed by atoms with Gasteiger partial charge in [0.25, 0.3) is 0 Å². The van der Waals surface area contributed by atoms with Crippen LogP contribution in [0.15, 0.2) is 12.1 Å². The third kappa shape index (κ3) is 6.83. The lowest BCUT2D eigenvalue weighted by molar-refractivity contribution is -0.452. The maximum atomic E-state index is 12.1. The summed E-state index contributed by atoms with van der Waals surface area (Å²) in [7, 11) is 5.74. The number of rotatable bonds is 10. The maximum Gasteiger partial charge on any atom is 0.543 e. The predicted octanol–water partition coefficient (Wildman–Crippen LogP) is 2.68. The normalized spacial score (nSPS) is 10.7. The summed E-state index contributed by atoms with van der Waals surface area (Å²) < 4.78 is 25.2. The van der Waals surface area contributed by atoms with Crippen molar-refractivity contribution in [2.24, 2.45) is 0 Å². The SMILES string of the molecule is COc1cc(OC)c(C(=O)OOOC(=O)OCCC(C)(C)OC)cc1OC. The van der Waals surface area contributed by atoms with Gasteiger partial charge in [-0.05, 0) is 13.8 Å². The number of ether oxygens (including phenoxy) is 5. The monoisotopic (exact) mass is 388 g/mol. The molecule has 27 heavy (non-hydrogen) atoms. The van der Waals surface area contributed by atoms with E-state index in [1.807, 2.05) is 13.8 Å². The van der Waals surface area contributed by atoms with Gasteiger partial charge in [0.1, 0.15) is 11.3 Å². The standard InChI is InChI=1S/C17H24O10/c1-17(2,23-6)7-8-24-16(19)26-27-25-15(18)11-9-13(21-4)14(22-5)10-12(11)20-3/h9-10H,7-8H2,1-6H3. The van der Waals surface area contributed by atoms with Crippen molar-refractivity contribution in [3.63, 3.8) is 0 Å². The van der Waals surface area contributed by atoms with Crippen LogP contribution >= 0.6 is 0 Å². The first-order chi connectivity index (χ1) is 12.8. The largest absolute Gasteiger partial charge is 0.543 e. The van der Waals surface area contributed by atoms with Gasteiger partial charge in [0, 0.05) is 25.7 Å². The van der Waals surface area contributed by atoms with Crippen LogP contribution in [0.2, 0.25) is 0 Å². The van der Waals surface area contributed by atoms with Gasteiger partial charge < -0.3 is 23.7 Å². The van der Waals surface area contributed by atoms with Crippen LogP contribution in [-0.4, -0.2) is 52.8 Å². The molecule has 1 aromatic carbocycles. The fourth-order valence-electron chi connectivity index (χ4n) is 1.82. The van der Waals surface area contributed by atoms with E-state index in [1.165, 1.54) is 33.5 Å². The van der Waals surface area contributed by atoms with Crippen molar-refractivity contribution >= 4 is 12.1 Å². The van der Waals surface area contributed by atoms with Gasteiger partial charge in [0.05, 0.1) is 38.6 Å². The van der Waals surface area contributed by atoms with Gasteiger partial charge in [0.2, 0.25) is 0 Å². The average Bonchev–Trinajstić information content (AvgIpc) is 2.66. The lowest BCUT2D eigenvalue weighted by atomic mass is 10.1. The van der Waals surface area contributed by atoms with E-state index in [0.29, 0.717) is 12.2 Å². The van der Waals surface area contributed by atoms with Crippen molar-refractivity contribution in [2.75, 3.05) is 35.0 Å². The highest BCUT2D eigenvalue weighted by Crippen LogP contribution is 2.34. The molecule has 1 rings (SSSR count). The van der Waals surface area contributed by atoms with E-state index in [-0.39, 0.29) is 23.7 Å². The van der Waals surface area contributed by atoms with Crippen molar-refractivity contribution in [1.29, 1.82) is 0 Å². The second kappa shape index (κ2) is 10.4. The van der Waals surface area contributed by atoms with E-state index in [0.717, 1.165) is 0 Å². The Morgan fingerprint density at radius 2 is 1.48 bits per heavy atom. The summed E-state index contributed by atoms with van der Waals surface area (Å²) in [4.78, 5) is 32.1. The van der Waals surface area contributed by atoms with Crippen LogP contribution in [0, 0.1) is 0 Å². The summed E-state index contributed by atoms with van der Waals surface area (Å²) >= 11 is 0. The Balaban J connectivity index is 2.56. The molecule has 0 saturated carbocycles. The zero-order valence-electron chi connectivity index (χ0n) is 16.2. The molecule has 0 unspecified atom stereocenters. The van der Waals surface area contributed by atoms with Crippen LogP contribution in [0.1, 0.15) is 30.6 Å². The molecule has 0 spiro atoms. The van der Waals surface area contributed by atoms with E-state index in [1.54, 1.807) is 7.11 Å². The smallest absolute Gasteiger partial charge is 0.496 e. The van der Waals surface area contributed by atoms with Crippen LogP contribution in [0.5, 0.6) is 17.2 Å². The first-order valence-electron chi connectivity index (χ1n) is 7.85. The highest BCUT2D eigenvalue weighted by atomic mass is 17.5. The van der Waals surface area contributed by atoms with Crippen molar-refractivity contribution < 1.29 is 48.1 Å². The molecule has 0 bridgehead atoms. The molecule has 1 aromatic rings. The molecule has 152 valence electrons. The molecule has 0 atom stereocenters. The third-order valence-corrected chi connectivity index (χ3v) is 3.61. The van der Waals surface area contributed by atoms with Crippen LogP contribution in [0.3, 0.4) is 0 Å². The second-order valence-electron chi connectivity index (χ2n) is 5.74. The third-order valence-electron chi connectivity index (χ3n) is 3.61. The fourth-order valence-corrected chi connectivity index (χ4v) is 1.82. The summed E-state index contributed by atoms with van der Waals surface area (Å²) in [6, 6.07) is 2.76. The number of carbonyl (C=O) groups is 2. The minimum Gasteiger partial charge on any atom is -0.496 e. The van der Waals surface area contributed by atoms with Gasteiger partial charge in [-0.15, -0.1) is 0 Å². The number of benzene rings is 1. The molecule has 0 aliphatic rings. The minimum atomic E-state index is -1.17. The van der Waals surface area contributed by atoms with Gasteiger partial charge in [-0.2, -0.15) is 0 Å². The van der Waals surface area contributed by atoms with Gasteiger partial charge in [0.15, 0.2) is 11.5 Å². The Labute approximate surface area is 157 Å². The Morgan fingerprint density at radius 3 is 2.04 bits per heavy atom. The number of carbonyl (C=O) groups excluding carboxylic acids is 2. The van der Waals surface area contributed by atoms with E-state index < -0.39 is 17.7 Å². The van der Waals surface area contributed by atoms with Gasteiger partial charge in [-0.3, -0.25) is 4.89 Å². The molecular formula is C17H24O10. The van der Waals surface area contributed by atoms with Crippen LogP contribution < -0.4 is 14.2 Å². The summed E-state index contributed by atoms with van der Waals surface area (Å²) in [6.45, 7) is 3.69. The van der Waals surface area contributed by atoms with Crippen molar-refractivity contribution in [3.05, 3.63) is 17.7 Å². The highest BCUT2D eigenvalue weighted by Gasteiger charge is 2.21. The highest BCUT2D eigenvalue weighted by molar-refractivity contribution is 5.93. The quantitative estimate of drug-likeness (QED) is 0.337. The minimum absolute atomic E-state index is 0.0283. The first kappa shape index (κ1) is 22.3. The molecular weight excluding hydrogens is 364 g/mol. The zero-order valence-corrected chi connectivity index (χ0v) is 16.2. The Hall–Kier alpha value is -2.72. The predicted molar refractivity (Wildman–Crippen MR) is 90.7 cm³/mol. The molecule has 10 nitrogen and oxygen atoms in total. The van der Waals surface area contributed by atoms with Gasteiger partial charge in [-0.25, -0.2) is 14.5 Å². The summed E-state index contributed by atoms with van der Waals surface area (Å²) in [6.07, 6.45) is -0.740. The van der Waals surface area contributed by atoms with Crippen molar-refractivity contribution in [3.8, 4) is 17.2 Å². The van der Waals surface area contributed by atoms with E-state index in [4.69, 9.17) is 23.7 Å². The Kier molecular flexibility index (Phi) is 8.63. The van der Waals surface area contributed by atoms with E-state index in [2.05, 4.69) is 14.8 Å². The maximum absolute atomic E-state index is 12.1. The summed E-state index contributed by atoms with van der Waals surface area (Å²) in [5.74, 6) is -0.219. The zero-order chi connectivity index (χ0) is 20.4. The fraction of sp³-hybridized carbons (Fsp3) is 0.529. The molecule has 10 heteroatoms. The van der Waals surface area contributed by atoms with Crippen LogP contribution in [-0.2, 0) is 24.3 Å². The molecule has 0 radical (unpaired) electrons. The summed E-state index contributed by atoms with van der Waals surface area (Å²) in [5, 5.41) is 4.17. The van der Waals surface area contributed by atoms with Gasteiger partial charge in [-0.1, -0.05) is 0 Å². The molecule has 0 aliphatic heterocycles. The molecule has 0 aliphatic carbocycles. The van der Waals surface area contributed by atoms with Crippen LogP contribution in [0.25, 0.3) is 0 Å². The lowest BCUT2D eigenvalue weighted by Gasteiger charge is -2.21. The molecule has 0 amide bonds. The van der Waals surface area contributed by atoms with E-state index >= 15 is 0 Å². The topological polar surface area (TPSA) is 108 Å². The molecule has 0 heterocycles. The van der Waals surface area contributed by atoms with Crippen molar-refractivity contribution in [1.82, 2.24) is 0 Å². The molecule has 0 saturated heterocycles. The number of methoxy groups -OCH3 is 4. The van der Waals surface area contributed by atoms with E-state index in [9.17, 15) is 9.59 Å². The average molecular weight is 388 g/mol. The second-order valence-corrected chi connectivity index (χ2v) is 5.74. The number of hydrogen-bond donors (Lipinski definition) is 0. The lowest BCUT2D eigenvalue weighted by Crippen LogP contribution is -2.25. The Morgan fingerprint density at radius 1 is 0.889 bits per heavy atom. The van der Waals surface area contributed by atoms with Crippen LogP contribution in [0.4, 0.5) is 4.79 Å². The molecule has 0 fully saturated rings. The van der Waals surface area contributed by atoms with Gasteiger partial charge >= 0.3 is 12.1 Å².